The van der Waals surface area contributed by atoms with Gasteiger partial charge in [-0.1, -0.05) is 35.9 Å². The van der Waals surface area contributed by atoms with Crippen LogP contribution in [-0.2, 0) is 16.1 Å². The van der Waals surface area contributed by atoms with Gasteiger partial charge in [0.15, 0.2) is 0 Å². The molecule has 0 unspecified atom stereocenters. The first-order valence-electron chi connectivity index (χ1n) is 8.02. The van der Waals surface area contributed by atoms with Crippen molar-refractivity contribution in [3.63, 3.8) is 0 Å². The Labute approximate surface area is 150 Å². The number of amides is 2. The average Bonchev–Trinajstić information content (AvgIpc) is 2.94. The number of hydrogen-bond acceptors (Lipinski definition) is 2. The summed E-state index contributed by atoms with van der Waals surface area (Å²) in [5, 5.41) is 3.32. The first-order valence-corrected chi connectivity index (χ1v) is 8.40. The summed E-state index contributed by atoms with van der Waals surface area (Å²) in [5.41, 5.74) is 2.05. The minimum Gasteiger partial charge on any atom is -0.337 e. The van der Waals surface area contributed by atoms with Crippen LogP contribution in [0.1, 0.15) is 17.5 Å². The number of anilines is 1. The van der Waals surface area contributed by atoms with Crippen LogP contribution in [-0.4, -0.2) is 23.3 Å². The molecule has 0 aliphatic carbocycles. The molecule has 0 radical (unpaired) electrons. The molecule has 1 aliphatic rings. The second-order valence-electron chi connectivity index (χ2n) is 6.22. The van der Waals surface area contributed by atoms with Gasteiger partial charge in [0.05, 0.1) is 5.92 Å². The third kappa shape index (κ3) is 3.99. The summed E-state index contributed by atoms with van der Waals surface area (Å²) in [4.78, 5) is 26.3. The molecule has 0 bridgehead atoms. The first kappa shape index (κ1) is 17.4. The van der Waals surface area contributed by atoms with E-state index in [9.17, 15) is 14.0 Å². The van der Waals surface area contributed by atoms with E-state index in [1.165, 1.54) is 12.1 Å². The molecule has 1 N–H and O–H groups in total. The van der Waals surface area contributed by atoms with E-state index in [-0.39, 0.29) is 18.2 Å². The van der Waals surface area contributed by atoms with Crippen molar-refractivity contribution in [3.8, 4) is 0 Å². The van der Waals surface area contributed by atoms with Crippen LogP contribution in [0, 0.1) is 18.7 Å². The molecule has 4 nitrogen and oxygen atoms in total. The predicted molar refractivity (Wildman–Crippen MR) is 94.7 cm³/mol. The van der Waals surface area contributed by atoms with E-state index in [0.717, 1.165) is 11.1 Å². The normalized spacial score (nSPS) is 17.0. The monoisotopic (exact) mass is 360 g/mol. The highest BCUT2D eigenvalue weighted by molar-refractivity contribution is 6.31. The molecule has 0 aromatic heterocycles. The quantitative estimate of drug-likeness (QED) is 0.902. The maximum Gasteiger partial charge on any atom is 0.229 e. The molecule has 3 rings (SSSR count). The Morgan fingerprint density at radius 1 is 1.32 bits per heavy atom. The minimum absolute atomic E-state index is 0.0870. The van der Waals surface area contributed by atoms with Crippen molar-refractivity contribution in [2.24, 2.45) is 5.92 Å². The van der Waals surface area contributed by atoms with Crippen LogP contribution in [0.2, 0.25) is 5.02 Å². The molecule has 2 aromatic carbocycles. The van der Waals surface area contributed by atoms with Gasteiger partial charge in [-0.25, -0.2) is 4.39 Å². The SMILES string of the molecule is Cc1ccc(F)cc1NC(=O)[C@@H]1CC(=O)N(Cc2ccccc2Cl)C1. The van der Waals surface area contributed by atoms with Crippen LogP contribution in [0.4, 0.5) is 10.1 Å². The van der Waals surface area contributed by atoms with Gasteiger partial charge in [0.25, 0.3) is 0 Å². The summed E-state index contributed by atoms with van der Waals surface area (Å²) in [6.45, 7) is 2.49. The number of benzene rings is 2. The Morgan fingerprint density at radius 2 is 2.08 bits per heavy atom. The summed E-state index contributed by atoms with van der Waals surface area (Å²) >= 11 is 6.14. The molecule has 1 aliphatic heterocycles. The lowest BCUT2D eigenvalue weighted by Gasteiger charge is -2.17. The van der Waals surface area contributed by atoms with Crippen LogP contribution in [0.3, 0.4) is 0 Å². The van der Waals surface area contributed by atoms with E-state index in [2.05, 4.69) is 5.32 Å². The number of likely N-dealkylation sites (tertiary alicyclic amines) is 1. The molecule has 0 saturated carbocycles. The highest BCUT2D eigenvalue weighted by Crippen LogP contribution is 2.25. The van der Waals surface area contributed by atoms with Crippen LogP contribution in [0.5, 0.6) is 0 Å². The van der Waals surface area contributed by atoms with E-state index in [1.54, 1.807) is 24.0 Å². The molecule has 6 heteroatoms. The van der Waals surface area contributed by atoms with Gasteiger partial charge >= 0.3 is 0 Å². The van der Waals surface area contributed by atoms with E-state index >= 15 is 0 Å². The highest BCUT2D eigenvalue weighted by Gasteiger charge is 2.34. The molecule has 1 heterocycles. The Hall–Kier alpha value is -2.40. The highest BCUT2D eigenvalue weighted by atomic mass is 35.5. The fourth-order valence-corrected chi connectivity index (χ4v) is 3.09. The molecule has 2 amide bonds. The third-order valence-corrected chi connectivity index (χ3v) is 4.73. The molecule has 1 saturated heterocycles. The van der Waals surface area contributed by atoms with Gasteiger partial charge < -0.3 is 10.2 Å². The summed E-state index contributed by atoms with van der Waals surface area (Å²) in [6, 6.07) is 11.6. The lowest BCUT2D eigenvalue weighted by atomic mass is 10.1. The number of aryl methyl sites for hydroxylation is 1. The Morgan fingerprint density at radius 3 is 2.84 bits per heavy atom. The second kappa shape index (κ2) is 7.23. The van der Waals surface area contributed by atoms with Gasteiger partial charge in [-0.15, -0.1) is 0 Å². The maximum absolute atomic E-state index is 13.4. The van der Waals surface area contributed by atoms with Crippen LogP contribution in [0.15, 0.2) is 42.5 Å². The summed E-state index contributed by atoms with van der Waals surface area (Å²) in [5.74, 6) is -1.24. The topological polar surface area (TPSA) is 49.4 Å². The van der Waals surface area contributed by atoms with Gasteiger partial charge in [-0.05, 0) is 36.2 Å². The molecule has 1 fully saturated rings. The zero-order chi connectivity index (χ0) is 18.0. The number of nitrogens with one attached hydrogen (secondary N) is 1. The van der Waals surface area contributed by atoms with E-state index in [4.69, 9.17) is 11.6 Å². The van der Waals surface area contributed by atoms with Crippen LogP contribution in [0.25, 0.3) is 0 Å². The van der Waals surface area contributed by atoms with Crippen molar-refractivity contribution in [2.45, 2.75) is 19.9 Å². The zero-order valence-electron chi connectivity index (χ0n) is 13.8. The Balaban J connectivity index is 1.66. The smallest absolute Gasteiger partial charge is 0.229 e. The number of carbonyl (C=O) groups is 2. The molecule has 1 atom stereocenters. The van der Waals surface area contributed by atoms with Crippen LogP contribution < -0.4 is 5.32 Å². The molecule has 130 valence electrons. The molecular formula is C19H18ClFN2O2. The van der Waals surface area contributed by atoms with Crippen molar-refractivity contribution >= 4 is 29.1 Å². The van der Waals surface area contributed by atoms with Crippen molar-refractivity contribution in [1.82, 2.24) is 4.90 Å². The fraction of sp³-hybridized carbons (Fsp3) is 0.263. The number of carbonyl (C=O) groups excluding carboxylic acids is 2. The van der Waals surface area contributed by atoms with E-state index in [0.29, 0.717) is 23.8 Å². The van der Waals surface area contributed by atoms with E-state index in [1.807, 2.05) is 18.2 Å². The molecule has 2 aromatic rings. The fourth-order valence-electron chi connectivity index (χ4n) is 2.90. The second-order valence-corrected chi connectivity index (χ2v) is 6.62. The number of hydrogen-bond donors (Lipinski definition) is 1. The Bertz CT molecular complexity index is 825. The number of nitrogens with zero attached hydrogens (tertiary/aromatic N) is 1. The Kier molecular flexibility index (Phi) is 5.04. The summed E-state index contributed by atoms with van der Waals surface area (Å²) < 4.78 is 13.4. The minimum atomic E-state index is -0.461. The molecule has 25 heavy (non-hydrogen) atoms. The zero-order valence-corrected chi connectivity index (χ0v) is 14.5. The maximum atomic E-state index is 13.4. The average molecular weight is 361 g/mol. The van der Waals surface area contributed by atoms with Crippen molar-refractivity contribution in [1.29, 1.82) is 0 Å². The van der Waals surface area contributed by atoms with Gasteiger partial charge in [0.1, 0.15) is 5.82 Å². The van der Waals surface area contributed by atoms with Crippen LogP contribution >= 0.6 is 11.6 Å². The van der Waals surface area contributed by atoms with Gasteiger partial charge in [-0.3, -0.25) is 9.59 Å². The van der Waals surface area contributed by atoms with Crippen molar-refractivity contribution in [3.05, 3.63) is 64.4 Å². The third-order valence-electron chi connectivity index (χ3n) is 4.36. The number of rotatable bonds is 4. The lowest BCUT2D eigenvalue weighted by molar-refractivity contribution is -0.128. The predicted octanol–water partition coefficient (Wildman–Crippen LogP) is 3.77. The lowest BCUT2D eigenvalue weighted by Crippen LogP contribution is -2.28. The molecule has 0 spiro atoms. The first-order chi connectivity index (χ1) is 11.9. The largest absolute Gasteiger partial charge is 0.337 e. The van der Waals surface area contributed by atoms with E-state index < -0.39 is 11.7 Å². The van der Waals surface area contributed by atoms with Gasteiger partial charge in [0.2, 0.25) is 11.8 Å². The standard InChI is InChI=1S/C19H18ClFN2O2/c1-12-6-7-15(21)9-17(12)22-19(25)14-8-18(24)23(11-14)10-13-4-2-3-5-16(13)20/h2-7,9,14H,8,10-11H2,1H3,(H,22,25)/t14-/m1/s1. The van der Waals surface area contributed by atoms with Crippen molar-refractivity contribution in [2.75, 3.05) is 11.9 Å². The summed E-state index contributed by atoms with van der Waals surface area (Å²) in [6.07, 6.45) is 0.144. The van der Waals surface area contributed by atoms with Gasteiger partial charge in [-0.2, -0.15) is 0 Å². The number of halogens is 2. The molecular weight excluding hydrogens is 343 g/mol. The van der Waals surface area contributed by atoms with Crippen molar-refractivity contribution < 1.29 is 14.0 Å². The van der Waals surface area contributed by atoms with Gasteiger partial charge in [0, 0.05) is 30.2 Å². The summed E-state index contributed by atoms with van der Waals surface area (Å²) in [7, 11) is 0.